The summed E-state index contributed by atoms with van der Waals surface area (Å²) in [5, 5.41) is 14.7. The van der Waals surface area contributed by atoms with Crippen molar-refractivity contribution in [3.8, 4) is 5.75 Å². The monoisotopic (exact) mass is 358 g/mol. The maximum atomic E-state index is 12.4. The van der Waals surface area contributed by atoms with Crippen LogP contribution in [0.15, 0.2) is 36.4 Å². The van der Waals surface area contributed by atoms with Gasteiger partial charge in [0, 0.05) is 5.69 Å². The van der Waals surface area contributed by atoms with E-state index in [1.54, 1.807) is 31.2 Å². The Bertz CT molecular complexity index is 849. The first-order valence-electron chi connectivity index (χ1n) is 7.44. The molecule has 0 heterocycles. The molecule has 0 atom stereocenters. The number of carboxylic acids is 1. The fourth-order valence-corrected chi connectivity index (χ4v) is 2.63. The molecule has 0 spiro atoms. The highest BCUT2D eigenvalue weighted by molar-refractivity contribution is 7.80. The molecule has 0 bridgehead atoms. The zero-order valence-corrected chi connectivity index (χ0v) is 14.9. The quantitative estimate of drug-likeness (QED) is 0.728. The summed E-state index contributed by atoms with van der Waals surface area (Å²) >= 11 is 5.16. The normalized spacial score (nSPS) is 10.0. The standard InChI is InChI=1S/C18H18N2O4S/c1-10-6-4-8-13(15(10)24-3)16(21)20-18(25)19-14-9-5-7-12(11(14)2)17(22)23/h4-9H,1-3H3,(H,22,23)(H2,19,20,21,25). The van der Waals surface area contributed by atoms with Gasteiger partial charge in [0.05, 0.1) is 18.2 Å². The van der Waals surface area contributed by atoms with Crippen LogP contribution in [0.5, 0.6) is 5.75 Å². The fourth-order valence-electron chi connectivity index (χ4n) is 2.43. The topological polar surface area (TPSA) is 87.7 Å². The maximum absolute atomic E-state index is 12.4. The number of rotatable bonds is 4. The van der Waals surface area contributed by atoms with E-state index in [4.69, 9.17) is 22.1 Å². The second kappa shape index (κ2) is 7.76. The molecule has 0 radical (unpaired) electrons. The Morgan fingerprint density at radius 2 is 1.72 bits per heavy atom. The van der Waals surface area contributed by atoms with Crippen molar-refractivity contribution in [1.82, 2.24) is 5.32 Å². The number of aromatic carboxylic acids is 1. The van der Waals surface area contributed by atoms with E-state index in [0.717, 1.165) is 5.56 Å². The lowest BCUT2D eigenvalue weighted by atomic mass is 10.1. The molecular formula is C18H18N2O4S. The first kappa shape index (κ1) is 18.4. The van der Waals surface area contributed by atoms with Crippen LogP contribution in [0.25, 0.3) is 0 Å². The van der Waals surface area contributed by atoms with E-state index in [2.05, 4.69) is 10.6 Å². The van der Waals surface area contributed by atoms with Crippen molar-refractivity contribution in [2.75, 3.05) is 12.4 Å². The number of para-hydroxylation sites is 1. The Morgan fingerprint density at radius 3 is 2.36 bits per heavy atom. The van der Waals surface area contributed by atoms with Gasteiger partial charge in [0.25, 0.3) is 5.91 Å². The molecule has 0 aliphatic carbocycles. The third-order valence-corrected chi connectivity index (χ3v) is 3.90. The van der Waals surface area contributed by atoms with Crippen molar-refractivity contribution >= 4 is 34.9 Å². The van der Waals surface area contributed by atoms with Crippen LogP contribution in [-0.4, -0.2) is 29.2 Å². The molecule has 25 heavy (non-hydrogen) atoms. The van der Waals surface area contributed by atoms with Crippen molar-refractivity contribution in [2.45, 2.75) is 13.8 Å². The number of ether oxygens (including phenoxy) is 1. The lowest BCUT2D eigenvalue weighted by molar-refractivity contribution is 0.0696. The molecule has 2 aromatic rings. The number of methoxy groups -OCH3 is 1. The van der Waals surface area contributed by atoms with Crippen LogP contribution >= 0.6 is 12.2 Å². The number of aryl methyl sites for hydroxylation is 1. The third-order valence-electron chi connectivity index (χ3n) is 3.70. The van der Waals surface area contributed by atoms with Gasteiger partial charge >= 0.3 is 5.97 Å². The molecule has 6 nitrogen and oxygen atoms in total. The lowest BCUT2D eigenvalue weighted by Gasteiger charge is -2.14. The molecule has 0 saturated heterocycles. The van der Waals surface area contributed by atoms with Gasteiger partial charge < -0.3 is 15.2 Å². The van der Waals surface area contributed by atoms with Crippen molar-refractivity contribution in [3.05, 3.63) is 58.7 Å². The molecule has 0 aliphatic rings. The summed E-state index contributed by atoms with van der Waals surface area (Å²) in [4.78, 5) is 23.6. The van der Waals surface area contributed by atoms with E-state index >= 15 is 0 Å². The van der Waals surface area contributed by atoms with Crippen LogP contribution in [0.2, 0.25) is 0 Å². The minimum atomic E-state index is -1.03. The van der Waals surface area contributed by atoms with E-state index in [9.17, 15) is 9.59 Å². The maximum Gasteiger partial charge on any atom is 0.336 e. The highest BCUT2D eigenvalue weighted by atomic mass is 32.1. The summed E-state index contributed by atoms with van der Waals surface area (Å²) in [5.74, 6) is -0.961. The first-order chi connectivity index (χ1) is 11.8. The van der Waals surface area contributed by atoms with Gasteiger partial charge in [-0.3, -0.25) is 10.1 Å². The van der Waals surface area contributed by atoms with Crippen LogP contribution < -0.4 is 15.4 Å². The zero-order chi connectivity index (χ0) is 18.6. The molecule has 2 rings (SSSR count). The number of nitrogens with one attached hydrogen (secondary N) is 2. The Morgan fingerprint density at radius 1 is 1.08 bits per heavy atom. The minimum Gasteiger partial charge on any atom is -0.496 e. The Hall–Kier alpha value is -2.93. The predicted octanol–water partition coefficient (Wildman–Crippen LogP) is 3.14. The largest absolute Gasteiger partial charge is 0.496 e. The molecule has 7 heteroatoms. The summed E-state index contributed by atoms with van der Waals surface area (Å²) in [6, 6.07) is 10.0. The van der Waals surface area contributed by atoms with Gasteiger partial charge in [-0.15, -0.1) is 0 Å². The Labute approximate surface area is 150 Å². The third kappa shape index (κ3) is 4.13. The van der Waals surface area contributed by atoms with E-state index in [0.29, 0.717) is 22.6 Å². The summed E-state index contributed by atoms with van der Waals surface area (Å²) in [7, 11) is 1.50. The van der Waals surface area contributed by atoms with Gasteiger partial charge in [0.15, 0.2) is 5.11 Å². The molecule has 3 N–H and O–H groups in total. The number of hydrogen-bond acceptors (Lipinski definition) is 4. The molecule has 130 valence electrons. The number of carbonyl (C=O) groups is 2. The van der Waals surface area contributed by atoms with Crippen LogP contribution in [0.4, 0.5) is 5.69 Å². The van der Waals surface area contributed by atoms with Gasteiger partial charge in [0.2, 0.25) is 0 Å². The second-order valence-electron chi connectivity index (χ2n) is 5.35. The molecule has 2 aromatic carbocycles. The highest BCUT2D eigenvalue weighted by Crippen LogP contribution is 2.23. The fraction of sp³-hybridized carbons (Fsp3) is 0.167. The first-order valence-corrected chi connectivity index (χ1v) is 7.84. The zero-order valence-electron chi connectivity index (χ0n) is 14.0. The minimum absolute atomic E-state index is 0.0687. The van der Waals surface area contributed by atoms with Gasteiger partial charge in [-0.25, -0.2) is 4.79 Å². The van der Waals surface area contributed by atoms with Gasteiger partial charge in [-0.2, -0.15) is 0 Å². The average Bonchev–Trinajstić information content (AvgIpc) is 2.56. The second-order valence-corrected chi connectivity index (χ2v) is 5.76. The van der Waals surface area contributed by atoms with Crippen molar-refractivity contribution in [3.63, 3.8) is 0 Å². The van der Waals surface area contributed by atoms with Crippen molar-refractivity contribution in [1.29, 1.82) is 0 Å². The number of benzene rings is 2. The summed E-state index contributed by atoms with van der Waals surface area (Å²) in [6.07, 6.45) is 0. The number of thiocarbonyl (C=S) groups is 1. The number of hydrogen-bond donors (Lipinski definition) is 3. The molecule has 0 aliphatic heterocycles. The van der Waals surface area contributed by atoms with Crippen molar-refractivity contribution in [2.24, 2.45) is 0 Å². The molecule has 0 fully saturated rings. The molecule has 1 amide bonds. The van der Waals surface area contributed by atoms with Crippen molar-refractivity contribution < 1.29 is 19.4 Å². The lowest BCUT2D eigenvalue weighted by Crippen LogP contribution is -2.34. The van der Waals surface area contributed by atoms with E-state index in [-0.39, 0.29) is 10.7 Å². The number of amides is 1. The van der Waals surface area contributed by atoms with Crippen LogP contribution in [0.1, 0.15) is 31.8 Å². The molecule has 0 aromatic heterocycles. The number of anilines is 1. The smallest absolute Gasteiger partial charge is 0.336 e. The molecule has 0 saturated carbocycles. The number of carboxylic acid groups (broad SMARTS) is 1. The van der Waals surface area contributed by atoms with Crippen LogP contribution in [-0.2, 0) is 0 Å². The number of carbonyl (C=O) groups excluding carboxylic acids is 1. The van der Waals surface area contributed by atoms with Gasteiger partial charge in [0.1, 0.15) is 5.75 Å². The molecular weight excluding hydrogens is 340 g/mol. The molecule has 0 unspecified atom stereocenters. The SMILES string of the molecule is COc1c(C)cccc1C(=O)NC(=S)Nc1cccc(C(=O)O)c1C. The predicted molar refractivity (Wildman–Crippen MR) is 99.6 cm³/mol. The summed E-state index contributed by atoms with van der Waals surface area (Å²) < 4.78 is 5.27. The van der Waals surface area contributed by atoms with E-state index < -0.39 is 11.9 Å². The van der Waals surface area contributed by atoms with Crippen LogP contribution in [0, 0.1) is 13.8 Å². The summed E-state index contributed by atoms with van der Waals surface area (Å²) in [6.45, 7) is 3.51. The van der Waals surface area contributed by atoms with E-state index in [1.807, 2.05) is 13.0 Å². The van der Waals surface area contributed by atoms with Crippen LogP contribution in [0.3, 0.4) is 0 Å². The average molecular weight is 358 g/mol. The van der Waals surface area contributed by atoms with Gasteiger partial charge in [-0.1, -0.05) is 18.2 Å². The highest BCUT2D eigenvalue weighted by Gasteiger charge is 2.16. The Balaban J connectivity index is 2.16. The summed E-state index contributed by atoms with van der Waals surface area (Å²) in [5.41, 5.74) is 2.40. The van der Waals surface area contributed by atoms with E-state index in [1.165, 1.54) is 13.2 Å². The Kier molecular flexibility index (Phi) is 5.71. The van der Waals surface area contributed by atoms with Gasteiger partial charge in [-0.05, 0) is 55.4 Å².